The summed E-state index contributed by atoms with van der Waals surface area (Å²) in [5.41, 5.74) is 6.08. The first-order valence-electron chi connectivity index (χ1n) is 5.32. The van der Waals surface area contributed by atoms with Crippen LogP contribution >= 0.6 is 0 Å². The summed E-state index contributed by atoms with van der Waals surface area (Å²) < 4.78 is 28.1. The van der Waals surface area contributed by atoms with Crippen LogP contribution in [0.4, 0.5) is 0 Å². The fourth-order valence-corrected chi connectivity index (χ4v) is 2.04. The summed E-state index contributed by atoms with van der Waals surface area (Å²) in [4.78, 5) is 3.85. The van der Waals surface area contributed by atoms with Crippen LogP contribution in [0.1, 0.15) is 5.56 Å². The Morgan fingerprint density at radius 3 is 2.53 bits per heavy atom. The average Bonchev–Trinajstić information content (AvgIpc) is 2.47. The molecular formula is C12H11N3O3S. The highest BCUT2D eigenvalue weighted by Gasteiger charge is 2.15. The quantitative estimate of drug-likeness (QED) is 0.513. The number of amidine groups is 1. The summed E-state index contributed by atoms with van der Waals surface area (Å²) in [5.74, 6) is -0.0624. The molecule has 0 aliphatic carbocycles. The molecular weight excluding hydrogens is 266 g/mol. The maximum atomic E-state index is 11.8. The average molecular weight is 277 g/mol. The lowest BCUT2D eigenvalue weighted by molar-refractivity contribution is 0.338. The highest BCUT2D eigenvalue weighted by molar-refractivity contribution is 7.86. The number of benzene rings is 1. The minimum absolute atomic E-state index is 0.0118. The molecule has 0 saturated carbocycles. The lowest BCUT2D eigenvalue weighted by Crippen LogP contribution is -2.15. The first kappa shape index (κ1) is 13.0. The summed E-state index contributed by atoms with van der Waals surface area (Å²) in [5, 5.41) is 3.41. The molecule has 2 aromatic rings. The van der Waals surface area contributed by atoms with E-state index in [-0.39, 0.29) is 10.7 Å². The zero-order valence-electron chi connectivity index (χ0n) is 9.80. The lowest BCUT2D eigenvalue weighted by Gasteiger charge is -2.02. The molecule has 0 saturated heterocycles. The first-order valence-corrected chi connectivity index (χ1v) is 6.73. The minimum Gasteiger partial charge on any atom is -0.380 e. The van der Waals surface area contributed by atoms with Crippen molar-refractivity contribution >= 4 is 16.0 Å². The zero-order chi connectivity index (χ0) is 13.7. The van der Waals surface area contributed by atoms with Crippen LogP contribution in [0.25, 0.3) is 0 Å². The van der Waals surface area contributed by atoms with Crippen molar-refractivity contribution in [2.24, 2.45) is 10.9 Å². The van der Waals surface area contributed by atoms with Crippen molar-refractivity contribution < 1.29 is 12.7 Å². The van der Waals surface area contributed by atoms with Crippen LogP contribution in [0.3, 0.4) is 0 Å². The molecule has 1 aromatic carbocycles. The maximum Gasteiger partial charge on any atom is 0.358 e. The van der Waals surface area contributed by atoms with Gasteiger partial charge < -0.3 is 5.73 Å². The van der Waals surface area contributed by atoms with Gasteiger partial charge in [0.1, 0.15) is 4.90 Å². The Morgan fingerprint density at radius 1 is 1.16 bits per heavy atom. The van der Waals surface area contributed by atoms with Gasteiger partial charge in [0.15, 0.2) is 5.84 Å². The molecule has 2 N–H and O–H groups in total. The normalized spacial score (nSPS) is 12.1. The van der Waals surface area contributed by atoms with E-state index in [1.165, 1.54) is 18.3 Å². The topological polar surface area (TPSA) is 94.6 Å². The molecule has 1 heterocycles. The maximum absolute atomic E-state index is 11.8. The van der Waals surface area contributed by atoms with Crippen molar-refractivity contribution in [1.29, 1.82) is 0 Å². The minimum atomic E-state index is -3.95. The van der Waals surface area contributed by atoms with E-state index >= 15 is 0 Å². The second kappa shape index (κ2) is 5.49. The molecule has 1 aromatic heterocycles. The largest absolute Gasteiger partial charge is 0.380 e. The fraction of sp³-hybridized carbons (Fsp3) is 0. The number of rotatable bonds is 4. The van der Waals surface area contributed by atoms with Gasteiger partial charge in [0.25, 0.3) is 0 Å². The van der Waals surface area contributed by atoms with Crippen molar-refractivity contribution in [2.45, 2.75) is 4.90 Å². The highest BCUT2D eigenvalue weighted by atomic mass is 32.2. The van der Waals surface area contributed by atoms with E-state index in [2.05, 4.69) is 14.4 Å². The third kappa shape index (κ3) is 3.29. The van der Waals surface area contributed by atoms with Crippen molar-refractivity contribution in [2.75, 3.05) is 0 Å². The standard InChI is InChI=1S/C12H11N3O3S/c13-12(10-5-4-8-14-9-10)15-18-19(16,17)11-6-2-1-3-7-11/h1-9H,(H2,13,15). The molecule has 0 spiro atoms. The summed E-state index contributed by atoms with van der Waals surface area (Å²) >= 11 is 0. The van der Waals surface area contributed by atoms with Gasteiger partial charge in [-0.05, 0) is 29.4 Å². The van der Waals surface area contributed by atoms with Crippen molar-refractivity contribution in [3.63, 3.8) is 0 Å². The smallest absolute Gasteiger partial charge is 0.358 e. The van der Waals surface area contributed by atoms with Crippen LogP contribution in [-0.4, -0.2) is 19.2 Å². The third-order valence-corrected chi connectivity index (χ3v) is 3.34. The number of oxime groups is 1. The molecule has 0 fully saturated rings. The van der Waals surface area contributed by atoms with Crippen LogP contribution in [0.2, 0.25) is 0 Å². The van der Waals surface area contributed by atoms with Gasteiger partial charge in [-0.15, -0.1) is 0 Å². The number of nitrogens with two attached hydrogens (primary N) is 1. The SMILES string of the molecule is NC(=NOS(=O)(=O)c1ccccc1)c1cccnc1. The molecule has 7 heteroatoms. The molecule has 0 bridgehead atoms. The van der Waals surface area contributed by atoms with Gasteiger partial charge in [0.05, 0.1) is 0 Å². The Bertz CT molecular complexity index is 670. The molecule has 0 radical (unpaired) electrons. The van der Waals surface area contributed by atoms with Gasteiger partial charge in [-0.1, -0.05) is 18.2 Å². The lowest BCUT2D eigenvalue weighted by atomic mass is 10.3. The number of aromatic nitrogens is 1. The van der Waals surface area contributed by atoms with Crippen LogP contribution in [0, 0.1) is 0 Å². The number of nitrogens with zero attached hydrogens (tertiary/aromatic N) is 2. The third-order valence-electron chi connectivity index (χ3n) is 2.22. The van der Waals surface area contributed by atoms with E-state index in [9.17, 15) is 8.42 Å². The number of hydrogen-bond acceptors (Lipinski definition) is 5. The monoisotopic (exact) mass is 277 g/mol. The van der Waals surface area contributed by atoms with Crippen LogP contribution < -0.4 is 5.73 Å². The second-order valence-electron chi connectivity index (χ2n) is 3.56. The summed E-state index contributed by atoms with van der Waals surface area (Å²) in [6.07, 6.45) is 3.02. The molecule has 0 atom stereocenters. The second-order valence-corrected chi connectivity index (χ2v) is 5.09. The Labute approximate surface area is 110 Å². The molecule has 0 amide bonds. The Balaban J connectivity index is 2.19. The molecule has 6 nitrogen and oxygen atoms in total. The van der Waals surface area contributed by atoms with Gasteiger partial charge in [0.2, 0.25) is 0 Å². The summed E-state index contributed by atoms with van der Waals surface area (Å²) in [7, 11) is -3.95. The first-order chi connectivity index (χ1) is 9.09. The molecule has 98 valence electrons. The summed E-state index contributed by atoms with van der Waals surface area (Å²) in [6.45, 7) is 0. The fourth-order valence-electron chi connectivity index (χ4n) is 1.29. The van der Waals surface area contributed by atoms with Gasteiger partial charge in [-0.25, -0.2) is 0 Å². The van der Waals surface area contributed by atoms with Crippen molar-refractivity contribution in [1.82, 2.24) is 4.98 Å². The van der Waals surface area contributed by atoms with E-state index in [4.69, 9.17) is 5.73 Å². The van der Waals surface area contributed by atoms with Gasteiger partial charge in [-0.3, -0.25) is 9.27 Å². The molecule has 19 heavy (non-hydrogen) atoms. The van der Waals surface area contributed by atoms with Crippen molar-refractivity contribution in [3.05, 3.63) is 60.4 Å². The van der Waals surface area contributed by atoms with E-state index in [0.29, 0.717) is 5.56 Å². The van der Waals surface area contributed by atoms with E-state index in [1.807, 2.05) is 0 Å². The highest BCUT2D eigenvalue weighted by Crippen LogP contribution is 2.11. The number of pyridine rings is 1. The molecule has 0 aliphatic heterocycles. The number of hydrogen-bond donors (Lipinski definition) is 1. The van der Waals surface area contributed by atoms with Gasteiger partial charge in [-0.2, -0.15) is 8.42 Å². The van der Waals surface area contributed by atoms with Gasteiger partial charge in [0, 0.05) is 18.0 Å². The predicted octanol–water partition coefficient (Wildman–Crippen LogP) is 1.11. The van der Waals surface area contributed by atoms with Crippen molar-refractivity contribution in [3.8, 4) is 0 Å². The predicted molar refractivity (Wildman–Crippen MR) is 69.7 cm³/mol. The molecule has 2 rings (SSSR count). The zero-order valence-corrected chi connectivity index (χ0v) is 10.6. The van der Waals surface area contributed by atoms with Gasteiger partial charge >= 0.3 is 10.1 Å². The van der Waals surface area contributed by atoms with E-state index in [0.717, 1.165) is 0 Å². The Morgan fingerprint density at radius 2 is 1.89 bits per heavy atom. The molecule has 0 aliphatic rings. The Kier molecular flexibility index (Phi) is 3.76. The summed E-state index contributed by atoms with van der Waals surface area (Å²) in [6, 6.07) is 11.0. The van der Waals surface area contributed by atoms with E-state index in [1.54, 1.807) is 36.5 Å². The molecule has 0 unspecified atom stereocenters. The van der Waals surface area contributed by atoms with Crippen LogP contribution in [0.15, 0.2) is 64.9 Å². The van der Waals surface area contributed by atoms with E-state index < -0.39 is 10.1 Å². The van der Waals surface area contributed by atoms with Crippen LogP contribution in [-0.2, 0) is 14.4 Å². The van der Waals surface area contributed by atoms with Crippen LogP contribution in [0.5, 0.6) is 0 Å². The Hall–Kier alpha value is -2.41.